The van der Waals surface area contributed by atoms with Gasteiger partial charge in [-0.3, -0.25) is 19.6 Å². The molecule has 0 fully saturated rings. The van der Waals surface area contributed by atoms with Gasteiger partial charge in [0.15, 0.2) is 10.3 Å². The van der Waals surface area contributed by atoms with E-state index < -0.39 is 11.8 Å². The van der Waals surface area contributed by atoms with Gasteiger partial charge in [0.2, 0.25) is 21.9 Å². The maximum Gasteiger partial charge on any atom is 0.250 e. The fourth-order valence-electron chi connectivity index (χ4n) is 5.57. The van der Waals surface area contributed by atoms with Crippen molar-refractivity contribution in [2.45, 2.75) is 13.8 Å². The first-order chi connectivity index (χ1) is 30.8. The largest absolute Gasteiger partial charge is 0.444 e. The summed E-state index contributed by atoms with van der Waals surface area (Å²) in [6, 6.07) is 25.1. The van der Waals surface area contributed by atoms with Crippen molar-refractivity contribution < 1.29 is 19.1 Å². The molecule has 8 aromatic heterocycles. The SMILES string of the molecule is Cc1cccc(-c2nc(N(C)C)sc2Oc2ccnc(Nc3ccc(C(N)=O)cn3)c2)n1.Cc1cccc(-c2nc(N(C)C)sc2Oc2ccnc(Nc3ccc(C(N)=O)cn3)c2)n1. The van der Waals surface area contributed by atoms with Crippen LogP contribution in [0.3, 0.4) is 0 Å². The van der Waals surface area contributed by atoms with Gasteiger partial charge in [-0.15, -0.1) is 0 Å². The number of hydrogen-bond donors (Lipinski definition) is 4. The molecule has 0 unspecified atom stereocenters. The molecule has 0 atom stereocenters. The third-order valence-corrected chi connectivity index (χ3v) is 10.9. The van der Waals surface area contributed by atoms with Gasteiger partial charge < -0.3 is 41.4 Å². The lowest BCUT2D eigenvalue weighted by atomic mass is 10.2. The maximum atomic E-state index is 11.2. The number of carbonyl (C=O) groups excluding carboxylic acids is 2. The Labute approximate surface area is 376 Å². The molecule has 2 amide bonds. The number of nitrogens with two attached hydrogens (primary N) is 2. The van der Waals surface area contributed by atoms with E-state index in [9.17, 15) is 9.59 Å². The summed E-state index contributed by atoms with van der Waals surface area (Å²) in [5.74, 6) is 2.23. The van der Waals surface area contributed by atoms with Crippen LogP contribution in [0.4, 0.5) is 33.5 Å². The highest BCUT2D eigenvalue weighted by Crippen LogP contribution is 2.42. The Morgan fingerprint density at radius 2 is 0.969 bits per heavy atom. The van der Waals surface area contributed by atoms with Gasteiger partial charge in [-0.05, 0) is 74.5 Å². The number of thiazole rings is 2. The van der Waals surface area contributed by atoms with Gasteiger partial charge in [-0.2, -0.15) is 0 Å². The zero-order chi connectivity index (χ0) is 45.3. The summed E-state index contributed by atoms with van der Waals surface area (Å²) in [4.78, 5) is 61.8. The summed E-state index contributed by atoms with van der Waals surface area (Å²) >= 11 is 2.87. The molecule has 18 nitrogen and oxygen atoms in total. The number of amides is 2. The molecule has 324 valence electrons. The first-order valence-corrected chi connectivity index (χ1v) is 21.0. The van der Waals surface area contributed by atoms with E-state index in [4.69, 9.17) is 30.9 Å². The van der Waals surface area contributed by atoms with Crippen LogP contribution in [0.5, 0.6) is 21.6 Å². The Morgan fingerprint density at radius 1 is 0.547 bits per heavy atom. The van der Waals surface area contributed by atoms with Crippen LogP contribution >= 0.6 is 22.7 Å². The Kier molecular flexibility index (Phi) is 13.6. The Morgan fingerprint density at radius 3 is 1.31 bits per heavy atom. The minimum atomic E-state index is -0.530. The van der Waals surface area contributed by atoms with E-state index in [1.54, 1.807) is 60.9 Å². The molecule has 0 saturated carbocycles. The summed E-state index contributed by atoms with van der Waals surface area (Å²) in [6.07, 6.45) is 6.08. The smallest absolute Gasteiger partial charge is 0.250 e. The average molecular weight is 895 g/mol. The molecule has 8 aromatic rings. The normalized spacial score (nSPS) is 10.6. The van der Waals surface area contributed by atoms with Crippen molar-refractivity contribution in [2.24, 2.45) is 11.5 Å². The highest BCUT2D eigenvalue weighted by Gasteiger charge is 2.20. The second kappa shape index (κ2) is 19.7. The Balaban J connectivity index is 0.000000191. The van der Waals surface area contributed by atoms with E-state index in [2.05, 4.69) is 40.5 Å². The number of ether oxygens (including phenoxy) is 2. The number of anilines is 6. The van der Waals surface area contributed by atoms with Gasteiger partial charge in [0.25, 0.3) is 0 Å². The van der Waals surface area contributed by atoms with E-state index >= 15 is 0 Å². The third kappa shape index (κ3) is 11.2. The number of hydrogen-bond acceptors (Lipinski definition) is 18. The van der Waals surface area contributed by atoms with Crippen molar-refractivity contribution in [1.29, 1.82) is 0 Å². The van der Waals surface area contributed by atoms with Crippen LogP contribution in [0.25, 0.3) is 22.8 Å². The van der Waals surface area contributed by atoms with Crippen molar-refractivity contribution in [3.63, 3.8) is 0 Å². The first kappa shape index (κ1) is 44.0. The summed E-state index contributed by atoms with van der Waals surface area (Å²) in [5.41, 5.74) is 15.8. The number of aromatic nitrogens is 8. The number of rotatable bonds is 14. The molecule has 64 heavy (non-hydrogen) atoms. The highest BCUT2D eigenvalue weighted by molar-refractivity contribution is 7.18. The topological polar surface area (TPSA) is 238 Å². The van der Waals surface area contributed by atoms with Crippen molar-refractivity contribution in [1.82, 2.24) is 39.9 Å². The number of primary amides is 2. The molecular weight excluding hydrogens is 853 g/mol. The minimum Gasteiger partial charge on any atom is -0.444 e. The lowest BCUT2D eigenvalue weighted by Crippen LogP contribution is -2.11. The predicted molar refractivity (Wildman–Crippen MR) is 250 cm³/mol. The lowest BCUT2D eigenvalue weighted by molar-refractivity contribution is 0.0991. The lowest BCUT2D eigenvalue weighted by Gasteiger charge is -2.08. The highest BCUT2D eigenvalue weighted by atomic mass is 32.1. The van der Waals surface area contributed by atoms with Crippen LogP contribution in [0.15, 0.2) is 110 Å². The molecule has 8 heterocycles. The molecule has 0 aromatic carbocycles. The third-order valence-electron chi connectivity index (χ3n) is 8.69. The molecule has 0 aliphatic carbocycles. The molecule has 0 spiro atoms. The second-order valence-corrected chi connectivity index (χ2v) is 16.1. The van der Waals surface area contributed by atoms with Crippen molar-refractivity contribution in [3.05, 3.63) is 132 Å². The van der Waals surface area contributed by atoms with Crippen LogP contribution in [0.1, 0.15) is 32.1 Å². The average Bonchev–Trinajstić information content (AvgIpc) is 3.90. The summed E-state index contributed by atoms with van der Waals surface area (Å²) in [6.45, 7) is 3.88. The Hall–Kier alpha value is -8.10. The molecular formula is C44H42N14O4S2. The van der Waals surface area contributed by atoms with Gasteiger partial charge in [-0.25, -0.2) is 29.9 Å². The van der Waals surface area contributed by atoms with Crippen LogP contribution in [-0.2, 0) is 0 Å². The number of nitrogens with one attached hydrogen (secondary N) is 2. The number of carbonyl (C=O) groups is 2. The van der Waals surface area contributed by atoms with Crippen molar-refractivity contribution >= 4 is 68.0 Å². The van der Waals surface area contributed by atoms with E-state index in [1.807, 2.05) is 88.2 Å². The number of nitrogens with zero attached hydrogens (tertiary/aromatic N) is 10. The fourth-order valence-corrected chi connectivity index (χ4v) is 7.32. The summed E-state index contributed by atoms with van der Waals surface area (Å²) in [5, 5.41) is 9.06. The fraction of sp³-hybridized carbons (Fsp3) is 0.136. The monoisotopic (exact) mass is 894 g/mol. The van der Waals surface area contributed by atoms with E-state index in [0.29, 0.717) is 67.4 Å². The molecule has 0 radical (unpaired) electrons. The minimum absolute atomic E-state index is 0.333. The predicted octanol–water partition coefficient (Wildman–Crippen LogP) is 8.01. The number of pyridine rings is 6. The van der Waals surface area contributed by atoms with E-state index in [0.717, 1.165) is 33.0 Å². The molecule has 8 rings (SSSR count). The number of aryl methyl sites for hydroxylation is 2. The van der Waals surface area contributed by atoms with Gasteiger partial charge in [0.05, 0.1) is 22.5 Å². The maximum absolute atomic E-state index is 11.2. The summed E-state index contributed by atoms with van der Waals surface area (Å²) in [7, 11) is 7.73. The molecule has 0 saturated heterocycles. The molecule has 0 aliphatic rings. The van der Waals surface area contributed by atoms with Gasteiger partial charge in [-0.1, -0.05) is 34.8 Å². The van der Waals surface area contributed by atoms with Crippen LogP contribution < -0.4 is 41.4 Å². The second-order valence-electron chi connectivity index (χ2n) is 14.2. The van der Waals surface area contributed by atoms with E-state index in [1.165, 1.54) is 35.1 Å². The first-order valence-electron chi connectivity index (χ1n) is 19.4. The van der Waals surface area contributed by atoms with Gasteiger partial charge in [0.1, 0.15) is 46.2 Å². The summed E-state index contributed by atoms with van der Waals surface area (Å²) < 4.78 is 12.4. The Bertz CT molecular complexity index is 2710. The van der Waals surface area contributed by atoms with Crippen molar-refractivity contribution in [3.8, 4) is 44.4 Å². The van der Waals surface area contributed by atoms with Gasteiger partial charge >= 0.3 is 0 Å². The van der Waals surface area contributed by atoms with Crippen LogP contribution in [0, 0.1) is 13.8 Å². The van der Waals surface area contributed by atoms with Crippen LogP contribution in [0.2, 0.25) is 0 Å². The standard InChI is InChI=1S/2C22H21N7O2S/c2*1-13-5-4-6-16(26-13)19-21(32-22(28-19)29(2)3)31-15-9-10-24-18(11-15)27-17-8-7-14(12-25-17)20(23)30/h2*4-12H,1-3H3,(H2,23,30)(H,24,25,27). The molecule has 6 N–H and O–H groups in total. The zero-order valence-electron chi connectivity index (χ0n) is 35.5. The molecule has 0 aliphatic heterocycles. The molecule has 0 bridgehead atoms. The van der Waals surface area contributed by atoms with Crippen LogP contribution in [-0.4, -0.2) is 79.9 Å². The zero-order valence-corrected chi connectivity index (χ0v) is 37.1. The van der Waals surface area contributed by atoms with E-state index in [-0.39, 0.29) is 0 Å². The van der Waals surface area contributed by atoms with Crippen molar-refractivity contribution in [2.75, 3.05) is 48.6 Å². The quantitative estimate of drug-likeness (QED) is 0.0808. The molecule has 20 heteroatoms. The van der Waals surface area contributed by atoms with Gasteiger partial charge in [0, 0.05) is 76.5 Å².